The van der Waals surface area contributed by atoms with Crippen molar-refractivity contribution in [1.29, 1.82) is 0 Å². The van der Waals surface area contributed by atoms with Gasteiger partial charge in [-0.3, -0.25) is 0 Å². The molecular weight excluding hydrogens is 921 g/mol. The number of rotatable bonds is 4. The van der Waals surface area contributed by atoms with Crippen molar-refractivity contribution in [3.05, 3.63) is 167 Å². The highest BCUT2D eigenvalue weighted by molar-refractivity contribution is 5.97. The van der Waals surface area contributed by atoms with E-state index in [-0.39, 0.29) is 86.8 Å². The van der Waals surface area contributed by atoms with Gasteiger partial charge in [0.25, 0.3) is 0 Å². The molecule has 0 aromatic heterocycles. The topological polar surface area (TPSA) is 255 Å². The van der Waals surface area contributed by atoms with Crippen LogP contribution in [0.4, 0.5) is 0 Å². The summed E-state index contributed by atoms with van der Waals surface area (Å²) in [6.45, 7) is 6.75. The molecule has 14 heteroatoms. The van der Waals surface area contributed by atoms with E-state index in [0.29, 0.717) is 11.1 Å². The first-order valence-corrected chi connectivity index (χ1v) is 24.5. The first-order chi connectivity index (χ1) is 34.3. The maximum atomic E-state index is 13.5. The molecule has 1 aliphatic rings. The summed E-state index contributed by atoms with van der Waals surface area (Å²) in [4.78, 5) is 26.9. The Labute approximate surface area is 424 Å². The van der Waals surface area contributed by atoms with Crippen molar-refractivity contribution < 1.29 is 70.1 Å². The Morgan fingerprint density at radius 1 is 0.514 bits per heavy atom. The van der Waals surface area contributed by atoms with Gasteiger partial charge in [-0.2, -0.15) is 0 Å². The van der Waals surface area contributed by atoms with Gasteiger partial charge in [0.2, 0.25) is 0 Å². The summed E-state index contributed by atoms with van der Waals surface area (Å²) >= 11 is 0. The fourth-order valence-electron chi connectivity index (χ4n) is 7.89. The minimum absolute atomic E-state index is 0.0244. The number of hydrogen-bond donors (Lipinski definition) is 10. The van der Waals surface area contributed by atoms with Crippen LogP contribution in [0.15, 0.2) is 145 Å². The lowest BCUT2D eigenvalue weighted by Gasteiger charge is -2.22. The van der Waals surface area contributed by atoms with Crippen LogP contribution in [0.1, 0.15) is 124 Å². The van der Waals surface area contributed by atoms with E-state index in [2.05, 4.69) is 0 Å². The Morgan fingerprint density at radius 2 is 0.875 bits per heavy atom. The molecule has 3 rings (SSSR count). The van der Waals surface area contributed by atoms with Gasteiger partial charge in [-0.15, -0.1) is 0 Å². The number of allylic oxidation sites excluding steroid dienone is 12. The predicted octanol–water partition coefficient (Wildman–Crippen LogP) is 7.95. The second-order valence-corrected chi connectivity index (χ2v) is 18.4. The molecule has 0 bridgehead atoms. The molecule has 0 saturated heterocycles. The van der Waals surface area contributed by atoms with Crippen molar-refractivity contribution in [2.24, 2.45) is 0 Å². The van der Waals surface area contributed by atoms with Crippen LogP contribution in [0.2, 0.25) is 0 Å². The van der Waals surface area contributed by atoms with Crippen LogP contribution < -0.4 is 0 Å². The number of esters is 2. The van der Waals surface area contributed by atoms with E-state index in [9.17, 15) is 60.7 Å². The largest absolute Gasteiger partial charge is 0.507 e. The fourth-order valence-corrected chi connectivity index (χ4v) is 7.89. The van der Waals surface area contributed by atoms with Crippen LogP contribution in [-0.4, -0.2) is 124 Å². The van der Waals surface area contributed by atoms with E-state index in [4.69, 9.17) is 9.47 Å². The molecule has 392 valence electrons. The number of cyclic esters (lactones) is 2. The monoisotopic (exact) mass is 997 g/mol. The molecule has 1 heterocycles. The van der Waals surface area contributed by atoms with E-state index >= 15 is 0 Å². The summed E-state index contributed by atoms with van der Waals surface area (Å²) in [5, 5.41) is 106. The van der Waals surface area contributed by atoms with E-state index < -0.39 is 73.0 Å². The normalized spacial score (nSPS) is 30.7. The van der Waals surface area contributed by atoms with Crippen molar-refractivity contribution in [3.63, 3.8) is 0 Å². The summed E-state index contributed by atoms with van der Waals surface area (Å²) in [6, 6.07) is 9.14. The third-order valence-electron chi connectivity index (χ3n) is 11.3. The lowest BCUT2D eigenvalue weighted by Crippen LogP contribution is -2.27. The predicted molar refractivity (Wildman–Crippen MR) is 281 cm³/mol. The first-order valence-electron chi connectivity index (χ1n) is 24.5. The highest BCUT2D eigenvalue weighted by atomic mass is 16.5. The van der Waals surface area contributed by atoms with Crippen LogP contribution in [0.3, 0.4) is 0 Å². The Balaban J connectivity index is 1.82. The number of hydrogen-bond acceptors (Lipinski definition) is 14. The minimum Gasteiger partial charge on any atom is -0.507 e. The third kappa shape index (κ3) is 24.5. The third-order valence-corrected chi connectivity index (χ3v) is 11.3. The zero-order chi connectivity index (χ0) is 53.0. The standard InChI is InChI=1S/C58H76O14/c1-39-19-11-7-5-9-13-21-43-23-15-29-53(67)55(43)57(69)72-52(34-42(4)60)38-48(64)28-18-26-46(62)36-50(66)32-40(2)20-12-8-6-10-14-22-44-24-16-30-54(68)56(44)58(70)71-51(33-41(3)59)37-47(63)27-17-25-45(61)35-49(65)31-39/h5-26,29-30,41-42,45-52,59-68H,27-28,31-38H2,1-4H3/b9-5+,10-6+,11-7+,12-8+,21-13-,22-14+,25-17+,26-18+,39-19+,40-20+/t41-,42-,45-,46-,47+,48+,49+,50+,51+,52+/m1/s1. The highest BCUT2D eigenvalue weighted by Gasteiger charge is 2.26. The van der Waals surface area contributed by atoms with E-state index in [1.165, 1.54) is 38.1 Å². The number of aliphatic hydroxyl groups excluding tert-OH is 8. The average molecular weight is 997 g/mol. The Morgan fingerprint density at radius 3 is 1.25 bits per heavy atom. The molecule has 2 aromatic rings. The van der Waals surface area contributed by atoms with Crippen LogP contribution in [0, 0.1) is 0 Å². The lowest BCUT2D eigenvalue weighted by molar-refractivity contribution is -0.00168. The number of phenolic OH excluding ortho intramolecular Hbond substituents is 2. The van der Waals surface area contributed by atoms with Crippen LogP contribution in [-0.2, 0) is 9.47 Å². The Bertz CT molecular complexity index is 2130. The van der Waals surface area contributed by atoms with Crippen molar-refractivity contribution in [2.45, 2.75) is 153 Å². The molecule has 0 fully saturated rings. The van der Waals surface area contributed by atoms with Gasteiger partial charge in [-0.05, 0) is 76.6 Å². The van der Waals surface area contributed by atoms with Gasteiger partial charge < -0.3 is 60.5 Å². The molecule has 0 radical (unpaired) electrons. The quantitative estimate of drug-likeness (QED) is 0.103. The van der Waals surface area contributed by atoms with Crippen LogP contribution in [0.25, 0.3) is 12.2 Å². The number of aromatic hydroxyl groups is 2. The molecule has 0 amide bonds. The molecule has 0 spiro atoms. The zero-order valence-electron chi connectivity index (χ0n) is 41.8. The maximum absolute atomic E-state index is 13.5. The summed E-state index contributed by atoms with van der Waals surface area (Å²) in [5.41, 5.74) is 2.27. The van der Waals surface area contributed by atoms with Gasteiger partial charge in [0.05, 0.1) is 48.8 Å². The van der Waals surface area contributed by atoms with Gasteiger partial charge in [0, 0.05) is 38.5 Å². The molecular formula is C58H76O14. The minimum atomic E-state index is -1.01. The van der Waals surface area contributed by atoms with Gasteiger partial charge in [0.15, 0.2) is 0 Å². The second kappa shape index (κ2) is 32.9. The number of ether oxygens (including phenoxy) is 2. The molecule has 0 unspecified atom stereocenters. The summed E-state index contributed by atoms with van der Waals surface area (Å²) in [6.07, 6.45) is 21.8. The molecule has 72 heavy (non-hydrogen) atoms. The molecule has 14 nitrogen and oxygen atoms in total. The van der Waals surface area contributed by atoms with Gasteiger partial charge in [0.1, 0.15) is 34.8 Å². The SMILES string of the molecule is C\C1=C/C=C/C=C/C=C/c2cccc(O)c2C(=O)O[C@@H](C[C@@H](C)O)C[C@@H](O)C/C=C/[C@@H](O)C[C@@H](O)C/C(C)=C/C=C/C=C/C=C\c2cccc(O)c2C(=O)O[C@@H](C[C@@H](C)O)C[C@@H](O)C/C=C/[C@@H](O)C[C@@H](O)C1. The summed E-state index contributed by atoms with van der Waals surface area (Å²) in [5.74, 6) is -2.29. The number of fused-ring (bicyclic) bond motifs is 2. The second-order valence-electron chi connectivity index (χ2n) is 18.4. The first kappa shape index (κ1) is 60.4. The lowest BCUT2D eigenvalue weighted by atomic mass is 10.0. The number of carbonyl (C=O) groups is 2. The Kier molecular flexibility index (Phi) is 27.6. The van der Waals surface area contributed by atoms with Crippen molar-refractivity contribution in [3.8, 4) is 11.5 Å². The van der Waals surface area contributed by atoms with E-state index in [0.717, 1.165) is 11.1 Å². The summed E-state index contributed by atoms with van der Waals surface area (Å²) in [7, 11) is 0. The maximum Gasteiger partial charge on any atom is 0.342 e. The average Bonchev–Trinajstić information content (AvgIpc) is 3.27. The van der Waals surface area contributed by atoms with Gasteiger partial charge in [-0.25, -0.2) is 9.59 Å². The van der Waals surface area contributed by atoms with E-state index in [1.54, 1.807) is 109 Å². The zero-order valence-corrected chi connectivity index (χ0v) is 41.8. The van der Waals surface area contributed by atoms with E-state index in [1.807, 2.05) is 26.0 Å². The van der Waals surface area contributed by atoms with Gasteiger partial charge in [-0.1, -0.05) is 145 Å². The highest BCUT2D eigenvalue weighted by Crippen LogP contribution is 2.27. The van der Waals surface area contributed by atoms with Gasteiger partial charge >= 0.3 is 11.9 Å². The van der Waals surface area contributed by atoms with Crippen LogP contribution >= 0.6 is 0 Å². The molecule has 0 saturated carbocycles. The molecule has 10 atom stereocenters. The molecule has 1 aliphatic heterocycles. The van der Waals surface area contributed by atoms with Crippen molar-refractivity contribution in [1.82, 2.24) is 0 Å². The van der Waals surface area contributed by atoms with Crippen molar-refractivity contribution >= 4 is 24.1 Å². The Hall–Kier alpha value is -5.94. The fraction of sp³-hybridized carbons (Fsp3) is 0.414. The number of benzene rings is 2. The molecule has 10 N–H and O–H groups in total. The molecule has 0 aliphatic carbocycles. The number of carbonyl (C=O) groups excluding carboxylic acids is 2. The smallest absolute Gasteiger partial charge is 0.342 e. The number of aliphatic hydroxyl groups is 8. The number of phenols is 2. The van der Waals surface area contributed by atoms with Crippen molar-refractivity contribution in [2.75, 3.05) is 0 Å². The van der Waals surface area contributed by atoms with Crippen LogP contribution in [0.5, 0.6) is 11.5 Å². The molecule has 2 aromatic carbocycles. The summed E-state index contributed by atoms with van der Waals surface area (Å²) < 4.78 is 11.5.